The molecule has 0 saturated heterocycles. The van der Waals surface area contributed by atoms with Gasteiger partial charge in [0.05, 0.1) is 11.6 Å². The summed E-state index contributed by atoms with van der Waals surface area (Å²) in [6.07, 6.45) is 0. The van der Waals surface area contributed by atoms with Gasteiger partial charge in [-0.15, -0.1) is 0 Å². The lowest BCUT2D eigenvalue weighted by Gasteiger charge is -2.06. The minimum absolute atomic E-state index is 0.101. The number of carbonyl (C=O) groups is 1. The van der Waals surface area contributed by atoms with Crippen LogP contribution in [0.5, 0.6) is 5.88 Å². The molecule has 1 aromatic rings. The van der Waals surface area contributed by atoms with Crippen LogP contribution in [0.3, 0.4) is 0 Å². The van der Waals surface area contributed by atoms with E-state index in [0.717, 1.165) is 0 Å². The fourth-order valence-electron chi connectivity index (χ4n) is 0.878. The molecule has 0 saturated carbocycles. The van der Waals surface area contributed by atoms with E-state index < -0.39 is 12.6 Å². The Morgan fingerprint density at radius 1 is 1.60 bits per heavy atom. The topological polar surface area (TPSA) is 48.4 Å². The molecule has 15 heavy (non-hydrogen) atoms. The second-order valence-corrected chi connectivity index (χ2v) is 3.37. The molecule has 6 heteroatoms. The SMILES string of the molecule is COC(=O)c1ccc(Br)c(OCCF)n1. The van der Waals surface area contributed by atoms with Gasteiger partial charge in [0.25, 0.3) is 0 Å². The van der Waals surface area contributed by atoms with Crippen LogP contribution in [0, 0.1) is 0 Å². The van der Waals surface area contributed by atoms with Crippen LogP contribution in [0.15, 0.2) is 16.6 Å². The van der Waals surface area contributed by atoms with Crippen molar-refractivity contribution in [1.29, 1.82) is 0 Å². The second-order valence-electron chi connectivity index (χ2n) is 2.51. The fourth-order valence-corrected chi connectivity index (χ4v) is 1.21. The number of methoxy groups -OCH3 is 1. The molecule has 4 nitrogen and oxygen atoms in total. The van der Waals surface area contributed by atoms with Gasteiger partial charge in [-0.05, 0) is 28.1 Å². The summed E-state index contributed by atoms with van der Waals surface area (Å²) in [5, 5.41) is 0. The number of pyridine rings is 1. The molecule has 0 fully saturated rings. The van der Waals surface area contributed by atoms with Crippen molar-refractivity contribution in [3.8, 4) is 5.88 Å². The van der Waals surface area contributed by atoms with Gasteiger partial charge in [-0.2, -0.15) is 0 Å². The maximum atomic E-state index is 11.9. The van der Waals surface area contributed by atoms with Gasteiger partial charge in [0.15, 0.2) is 5.69 Å². The highest BCUT2D eigenvalue weighted by atomic mass is 79.9. The van der Waals surface area contributed by atoms with Crippen molar-refractivity contribution < 1.29 is 18.7 Å². The smallest absolute Gasteiger partial charge is 0.356 e. The predicted octanol–water partition coefficient (Wildman–Crippen LogP) is 1.98. The Bertz CT molecular complexity index is 359. The number of aromatic nitrogens is 1. The van der Waals surface area contributed by atoms with E-state index in [1.807, 2.05) is 0 Å². The van der Waals surface area contributed by atoms with Crippen LogP contribution in [0.25, 0.3) is 0 Å². The summed E-state index contributed by atoms with van der Waals surface area (Å²) in [6, 6.07) is 3.07. The highest BCUT2D eigenvalue weighted by Crippen LogP contribution is 2.22. The fraction of sp³-hybridized carbons (Fsp3) is 0.333. The minimum Gasteiger partial charge on any atom is -0.474 e. The molecule has 0 aliphatic carbocycles. The van der Waals surface area contributed by atoms with Crippen LogP contribution in [-0.2, 0) is 4.74 Å². The van der Waals surface area contributed by atoms with E-state index in [0.29, 0.717) is 4.47 Å². The molecule has 1 aromatic heterocycles. The Morgan fingerprint density at radius 3 is 2.93 bits per heavy atom. The first-order chi connectivity index (χ1) is 7.19. The summed E-state index contributed by atoms with van der Waals surface area (Å²) in [5.41, 5.74) is 0.120. The normalized spacial score (nSPS) is 9.80. The van der Waals surface area contributed by atoms with E-state index in [4.69, 9.17) is 4.74 Å². The van der Waals surface area contributed by atoms with E-state index in [1.165, 1.54) is 13.2 Å². The van der Waals surface area contributed by atoms with Crippen molar-refractivity contribution in [1.82, 2.24) is 4.98 Å². The third-order valence-electron chi connectivity index (χ3n) is 1.52. The maximum Gasteiger partial charge on any atom is 0.356 e. The molecular weight excluding hydrogens is 269 g/mol. The van der Waals surface area contributed by atoms with Gasteiger partial charge in [-0.3, -0.25) is 0 Å². The zero-order chi connectivity index (χ0) is 11.3. The van der Waals surface area contributed by atoms with E-state index in [-0.39, 0.29) is 18.2 Å². The van der Waals surface area contributed by atoms with Crippen molar-refractivity contribution in [2.45, 2.75) is 0 Å². The van der Waals surface area contributed by atoms with Crippen LogP contribution < -0.4 is 4.74 Å². The first-order valence-electron chi connectivity index (χ1n) is 4.12. The molecule has 0 unspecified atom stereocenters. The highest BCUT2D eigenvalue weighted by molar-refractivity contribution is 9.10. The summed E-state index contributed by atoms with van der Waals surface area (Å²) in [4.78, 5) is 15.0. The molecule has 1 rings (SSSR count). The Kier molecular flexibility index (Phi) is 4.48. The number of nitrogens with zero attached hydrogens (tertiary/aromatic N) is 1. The lowest BCUT2D eigenvalue weighted by Crippen LogP contribution is -2.07. The maximum absolute atomic E-state index is 11.9. The Labute approximate surface area is 94.5 Å². The van der Waals surface area contributed by atoms with Crippen LogP contribution in [0.2, 0.25) is 0 Å². The zero-order valence-electron chi connectivity index (χ0n) is 8.00. The minimum atomic E-state index is -0.615. The monoisotopic (exact) mass is 277 g/mol. The van der Waals surface area contributed by atoms with Crippen molar-refractivity contribution in [2.24, 2.45) is 0 Å². The third kappa shape index (κ3) is 3.16. The first-order valence-corrected chi connectivity index (χ1v) is 4.92. The Hall–Kier alpha value is -1.17. The van der Waals surface area contributed by atoms with E-state index in [9.17, 15) is 9.18 Å². The average molecular weight is 278 g/mol. The van der Waals surface area contributed by atoms with Crippen molar-refractivity contribution >= 4 is 21.9 Å². The zero-order valence-corrected chi connectivity index (χ0v) is 9.58. The number of rotatable bonds is 4. The molecule has 0 atom stereocenters. The second kappa shape index (κ2) is 5.65. The number of hydrogen-bond acceptors (Lipinski definition) is 4. The highest BCUT2D eigenvalue weighted by Gasteiger charge is 2.11. The van der Waals surface area contributed by atoms with Gasteiger partial charge >= 0.3 is 5.97 Å². The molecule has 0 amide bonds. The van der Waals surface area contributed by atoms with Gasteiger partial charge in [0.1, 0.15) is 13.3 Å². The molecule has 82 valence electrons. The molecule has 0 aliphatic heterocycles. The van der Waals surface area contributed by atoms with E-state index >= 15 is 0 Å². The van der Waals surface area contributed by atoms with Crippen LogP contribution in [0.4, 0.5) is 4.39 Å². The third-order valence-corrected chi connectivity index (χ3v) is 2.13. The van der Waals surface area contributed by atoms with Crippen LogP contribution in [0.1, 0.15) is 10.5 Å². The number of esters is 1. The summed E-state index contributed by atoms with van der Waals surface area (Å²) in [5.74, 6) is -0.386. The number of alkyl halides is 1. The lowest BCUT2D eigenvalue weighted by atomic mass is 10.3. The summed E-state index contributed by atoms with van der Waals surface area (Å²) >= 11 is 3.17. The number of ether oxygens (including phenoxy) is 2. The number of carbonyl (C=O) groups excluding carboxylic acids is 1. The molecule has 0 radical (unpaired) electrons. The van der Waals surface area contributed by atoms with Gasteiger partial charge in [0.2, 0.25) is 5.88 Å². The summed E-state index contributed by atoms with van der Waals surface area (Å²) in [7, 11) is 1.26. The molecule has 0 aromatic carbocycles. The summed E-state index contributed by atoms with van der Waals surface area (Å²) in [6.45, 7) is -0.715. The van der Waals surface area contributed by atoms with E-state index in [2.05, 4.69) is 25.7 Å². The summed E-state index contributed by atoms with van der Waals surface area (Å²) < 4.78 is 21.9. The molecule has 0 N–H and O–H groups in total. The molecule has 0 aliphatic rings. The van der Waals surface area contributed by atoms with Crippen molar-refractivity contribution in [2.75, 3.05) is 20.4 Å². The van der Waals surface area contributed by atoms with Crippen LogP contribution in [-0.4, -0.2) is 31.3 Å². The lowest BCUT2D eigenvalue weighted by molar-refractivity contribution is 0.0592. The number of halogens is 2. The van der Waals surface area contributed by atoms with Gasteiger partial charge in [-0.25, -0.2) is 14.2 Å². The van der Waals surface area contributed by atoms with Crippen molar-refractivity contribution in [3.63, 3.8) is 0 Å². The van der Waals surface area contributed by atoms with Crippen LogP contribution >= 0.6 is 15.9 Å². The van der Waals surface area contributed by atoms with E-state index in [1.54, 1.807) is 6.07 Å². The molecule has 0 bridgehead atoms. The van der Waals surface area contributed by atoms with Gasteiger partial charge < -0.3 is 9.47 Å². The molecule has 0 spiro atoms. The Morgan fingerprint density at radius 2 is 2.33 bits per heavy atom. The first kappa shape index (κ1) is 11.9. The quantitative estimate of drug-likeness (QED) is 0.790. The Balaban J connectivity index is 2.89. The molecule has 1 heterocycles. The van der Waals surface area contributed by atoms with Crippen molar-refractivity contribution in [3.05, 3.63) is 22.3 Å². The molecular formula is C9H9BrFNO3. The standard InChI is InChI=1S/C9H9BrFNO3/c1-14-9(13)7-3-2-6(10)8(12-7)15-5-4-11/h2-3H,4-5H2,1H3. The largest absolute Gasteiger partial charge is 0.474 e. The van der Waals surface area contributed by atoms with Gasteiger partial charge in [0, 0.05) is 0 Å². The average Bonchev–Trinajstić information content (AvgIpc) is 2.27. The predicted molar refractivity (Wildman–Crippen MR) is 54.7 cm³/mol. The number of hydrogen-bond donors (Lipinski definition) is 0. The van der Waals surface area contributed by atoms with Gasteiger partial charge in [-0.1, -0.05) is 0 Å².